The van der Waals surface area contributed by atoms with Crippen LogP contribution < -0.4 is 10.9 Å². The Morgan fingerprint density at radius 2 is 2.12 bits per heavy atom. The molecule has 2 aromatic rings. The molecule has 0 aliphatic carbocycles. The Morgan fingerprint density at radius 3 is 2.88 bits per heavy atom. The maximum Gasteiger partial charge on any atom is 0.141 e. The summed E-state index contributed by atoms with van der Waals surface area (Å²) in [4.78, 5) is 0. The van der Waals surface area contributed by atoms with Crippen LogP contribution in [-0.2, 0) is 0 Å². The summed E-state index contributed by atoms with van der Waals surface area (Å²) in [7, 11) is 0. The quantitative estimate of drug-likeness (QED) is 0.806. The van der Waals surface area contributed by atoms with Crippen LogP contribution in [0.1, 0.15) is 19.5 Å². The van der Waals surface area contributed by atoms with Crippen molar-refractivity contribution in [1.82, 2.24) is 15.2 Å². The fraction of sp³-hybridized carbons (Fsp3) is 0.250. The van der Waals surface area contributed by atoms with Gasteiger partial charge in [-0.3, -0.25) is 0 Å². The number of hydrogen-bond donors (Lipinski definition) is 2. The third kappa shape index (κ3) is 1.39. The van der Waals surface area contributed by atoms with E-state index in [0.717, 1.165) is 23.5 Å². The second-order valence-electron chi connectivity index (χ2n) is 3.92. The largest absolute Gasteiger partial charge is 0.304 e. The van der Waals surface area contributed by atoms with E-state index in [0.29, 0.717) is 0 Å². The van der Waals surface area contributed by atoms with Gasteiger partial charge in [0.1, 0.15) is 12.0 Å². The molecular formula is C12H14N4. The van der Waals surface area contributed by atoms with Crippen LogP contribution in [0.5, 0.6) is 0 Å². The Bertz CT molecular complexity index is 489. The molecule has 4 nitrogen and oxygen atoms in total. The maximum atomic E-state index is 4.60. The lowest BCUT2D eigenvalue weighted by molar-refractivity contribution is 0.432. The van der Waals surface area contributed by atoms with Crippen molar-refractivity contribution in [1.29, 1.82) is 0 Å². The van der Waals surface area contributed by atoms with Crippen molar-refractivity contribution < 1.29 is 0 Å². The molecule has 1 atom stereocenters. The SMILES string of the molecule is CCC1NNc2cc(-c3ccccc3)nn21. The Balaban J connectivity index is 2.00. The van der Waals surface area contributed by atoms with Gasteiger partial charge < -0.3 is 5.43 Å². The number of fused-ring (bicyclic) bond motifs is 1. The van der Waals surface area contributed by atoms with Crippen LogP contribution >= 0.6 is 0 Å². The predicted molar refractivity (Wildman–Crippen MR) is 63.7 cm³/mol. The van der Waals surface area contributed by atoms with Gasteiger partial charge in [0.25, 0.3) is 0 Å². The summed E-state index contributed by atoms with van der Waals surface area (Å²) in [5.74, 6) is 1.03. The average Bonchev–Trinajstić information content (AvgIpc) is 2.89. The zero-order valence-corrected chi connectivity index (χ0v) is 9.14. The van der Waals surface area contributed by atoms with E-state index in [9.17, 15) is 0 Å². The number of nitrogens with one attached hydrogen (secondary N) is 2. The van der Waals surface area contributed by atoms with Crippen LogP contribution in [-0.4, -0.2) is 9.78 Å². The average molecular weight is 214 g/mol. The molecule has 0 fully saturated rings. The molecule has 1 aliphatic heterocycles. The minimum atomic E-state index is 0.257. The molecule has 0 saturated carbocycles. The van der Waals surface area contributed by atoms with Gasteiger partial charge in [-0.15, -0.1) is 0 Å². The van der Waals surface area contributed by atoms with Crippen molar-refractivity contribution in [2.75, 3.05) is 5.43 Å². The van der Waals surface area contributed by atoms with Gasteiger partial charge >= 0.3 is 0 Å². The third-order valence-electron chi connectivity index (χ3n) is 2.85. The Kier molecular flexibility index (Phi) is 2.15. The first kappa shape index (κ1) is 9.42. The molecule has 0 radical (unpaired) electrons. The second kappa shape index (κ2) is 3.64. The second-order valence-corrected chi connectivity index (χ2v) is 3.92. The van der Waals surface area contributed by atoms with Crippen molar-refractivity contribution in [2.45, 2.75) is 19.5 Å². The summed E-state index contributed by atoms with van der Waals surface area (Å²) in [5, 5.41) is 4.60. The van der Waals surface area contributed by atoms with E-state index in [4.69, 9.17) is 0 Å². The number of rotatable bonds is 2. The van der Waals surface area contributed by atoms with Crippen molar-refractivity contribution in [3.05, 3.63) is 36.4 Å². The van der Waals surface area contributed by atoms with Crippen molar-refractivity contribution in [3.8, 4) is 11.3 Å². The van der Waals surface area contributed by atoms with Gasteiger partial charge in [-0.1, -0.05) is 37.3 Å². The molecule has 2 N–H and O–H groups in total. The molecule has 4 heteroatoms. The Morgan fingerprint density at radius 1 is 1.31 bits per heavy atom. The molecule has 82 valence electrons. The lowest BCUT2D eigenvalue weighted by Crippen LogP contribution is -2.21. The van der Waals surface area contributed by atoms with Crippen molar-refractivity contribution in [2.24, 2.45) is 0 Å². The lowest BCUT2D eigenvalue weighted by Gasteiger charge is -2.07. The summed E-state index contributed by atoms with van der Waals surface area (Å²) < 4.78 is 2.00. The highest BCUT2D eigenvalue weighted by molar-refractivity contribution is 5.63. The highest BCUT2D eigenvalue weighted by Gasteiger charge is 2.21. The van der Waals surface area contributed by atoms with Crippen LogP contribution in [0.25, 0.3) is 11.3 Å². The van der Waals surface area contributed by atoms with Crippen LogP contribution in [0, 0.1) is 0 Å². The number of hydrogen-bond acceptors (Lipinski definition) is 3. The van der Waals surface area contributed by atoms with Crippen LogP contribution in [0.4, 0.5) is 5.82 Å². The van der Waals surface area contributed by atoms with Crippen molar-refractivity contribution in [3.63, 3.8) is 0 Å². The molecule has 1 aromatic carbocycles. The van der Waals surface area contributed by atoms with E-state index in [2.05, 4.69) is 41.1 Å². The topological polar surface area (TPSA) is 41.9 Å². The Hall–Kier alpha value is -1.81. The molecule has 1 aromatic heterocycles. The van der Waals surface area contributed by atoms with E-state index in [-0.39, 0.29) is 6.17 Å². The standard InChI is InChI=1S/C12H14N4/c1-2-11-13-14-12-8-10(15-16(11)12)9-6-4-3-5-7-9/h3-8,11,13-14H,2H2,1H3. The third-order valence-corrected chi connectivity index (χ3v) is 2.85. The number of anilines is 1. The molecule has 0 amide bonds. The minimum absolute atomic E-state index is 0.257. The number of nitrogens with zero attached hydrogens (tertiary/aromatic N) is 2. The van der Waals surface area contributed by atoms with E-state index >= 15 is 0 Å². The summed E-state index contributed by atoms with van der Waals surface area (Å²) in [5.41, 5.74) is 8.49. The first-order chi connectivity index (χ1) is 7.88. The molecule has 0 spiro atoms. The monoisotopic (exact) mass is 214 g/mol. The van der Waals surface area contributed by atoms with E-state index in [1.165, 1.54) is 0 Å². The molecular weight excluding hydrogens is 200 g/mol. The fourth-order valence-electron chi connectivity index (χ4n) is 1.97. The van der Waals surface area contributed by atoms with Gasteiger partial charge in [0, 0.05) is 11.6 Å². The van der Waals surface area contributed by atoms with Gasteiger partial charge in [-0.2, -0.15) is 5.10 Å². The predicted octanol–water partition coefficient (Wildman–Crippen LogP) is 2.39. The number of benzene rings is 1. The van der Waals surface area contributed by atoms with E-state index in [1.807, 2.05) is 22.9 Å². The first-order valence-electron chi connectivity index (χ1n) is 5.55. The molecule has 2 heterocycles. The zero-order chi connectivity index (χ0) is 11.0. The molecule has 3 rings (SSSR count). The smallest absolute Gasteiger partial charge is 0.141 e. The number of hydrazine groups is 1. The lowest BCUT2D eigenvalue weighted by atomic mass is 10.2. The first-order valence-corrected chi connectivity index (χ1v) is 5.55. The van der Waals surface area contributed by atoms with Crippen LogP contribution in [0.15, 0.2) is 36.4 Å². The molecule has 0 bridgehead atoms. The minimum Gasteiger partial charge on any atom is -0.304 e. The van der Waals surface area contributed by atoms with Gasteiger partial charge in [0.2, 0.25) is 0 Å². The summed E-state index contributed by atoms with van der Waals surface area (Å²) >= 11 is 0. The van der Waals surface area contributed by atoms with Crippen molar-refractivity contribution >= 4 is 5.82 Å². The maximum absolute atomic E-state index is 4.60. The summed E-state index contributed by atoms with van der Waals surface area (Å²) in [6.45, 7) is 2.14. The van der Waals surface area contributed by atoms with Crippen LogP contribution in [0.2, 0.25) is 0 Å². The van der Waals surface area contributed by atoms with E-state index in [1.54, 1.807) is 0 Å². The van der Waals surface area contributed by atoms with E-state index < -0.39 is 0 Å². The summed E-state index contributed by atoms with van der Waals surface area (Å²) in [6, 6.07) is 12.3. The van der Waals surface area contributed by atoms with Gasteiger partial charge in [-0.25, -0.2) is 10.1 Å². The molecule has 0 saturated heterocycles. The normalized spacial score (nSPS) is 18.2. The van der Waals surface area contributed by atoms with Crippen LogP contribution in [0.3, 0.4) is 0 Å². The molecule has 1 aliphatic rings. The van der Waals surface area contributed by atoms with Gasteiger partial charge in [0.15, 0.2) is 0 Å². The van der Waals surface area contributed by atoms with Gasteiger partial charge in [0.05, 0.1) is 5.69 Å². The fourth-order valence-corrected chi connectivity index (χ4v) is 1.97. The highest BCUT2D eigenvalue weighted by Crippen LogP contribution is 2.27. The zero-order valence-electron chi connectivity index (χ0n) is 9.14. The Labute approximate surface area is 94.3 Å². The molecule has 1 unspecified atom stereocenters. The van der Waals surface area contributed by atoms with Gasteiger partial charge in [-0.05, 0) is 6.42 Å². The number of aromatic nitrogens is 2. The molecule has 16 heavy (non-hydrogen) atoms. The highest BCUT2D eigenvalue weighted by atomic mass is 15.6. The summed E-state index contributed by atoms with van der Waals surface area (Å²) in [6.07, 6.45) is 1.27.